The number of aromatic nitrogens is 1. The molecule has 1 rings (SSSR count). The van der Waals surface area contributed by atoms with E-state index < -0.39 is 31.9 Å². The lowest BCUT2D eigenvalue weighted by Gasteiger charge is -2.10. The van der Waals surface area contributed by atoms with Crippen molar-refractivity contribution < 1.29 is 21.6 Å². The Labute approximate surface area is 102 Å². The number of pyridine rings is 1. The number of halogens is 4. The van der Waals surface area contributed by atoms with Crippen molar-refractivity contribution in [2.45, 2.75) is 23.4 Å². The van der Waals surface area contributed by atoms with Crippen LogP contribution in [0, 0.1) is 0 Å². The Balaban J connectivity index is 3.12. The van der Waals surface area contributed by atoms with Crippen molar-refractivity contribution in [1.29, 1.82) is 0 Å². The van der Waals surface area contributed by atoms with Gasteiger partial charge in [-0.15, -0.1) is 11.6 Å². The molecule has 1 unspecified atom stereocenters. The Bertz CT molecular complexity index is 484. The molecule has 3 nitrogen and oxygen atoms in total. The molecular weight excluding hydrogens is 279 g/mol. The lowest BCUT2D eigenvalue weighted by Crippen LogP contribution is -2.20. The predicted molar refractivity (Wildman–Crippen MR) is 56.6 cm³/mol. The van der Waals surface area contributed by atoms with Gasteiger partial charge in [0.2, 0.25) is 0 Å². The highest BCUT2D eigenvalue weighted by Gasteiger charge is 2.32. The largest absolute Gasteiger partial charge is 0.417 e. The van der Waals surface area contributed by atoms with E-state index in [2.05, 4.69) is 4.98 Å². The summed E-state index contributed by atoms with van der Waals surface area (Å²) in [5.41, 5.74) is -0.991. The summed E-state index contributed by atoms with van der Waals surface area (Å²) in [5, 5.41) is -1.30. The second kappa shape index (κ2) is 4.81. The Kier molecular flexibility index (Phi) is 4.03. The van der Waals surface area contributed by atoms with Gasteiger partial charge in [-0.3, -0.25) is 0 Å². The molecule has 0 amide bonds. The highest BCUT2D eigenvalue weighted by atomic mass is 35.5. The standard InChI is InChI=1S/C9H9ClF3NO2S/c1-6(4-10)17(15,16)8-3-2-7(5-14-8)9(11,12)13/h2-3,5-6H,4H2,1H3. The van der Waals surface area contributed by atoms with Gasteiger partial charge in [-0.2, -0.15) is 13.2 Å². The molecule has 0 aliphatic carbocycles. The van der Waals surface area contributed by atoms with Crippen molar-refractivity contribution in [2.24, 2.45) is 0 Å². The molecule has 0 spiro atoms. The first-order chi connectivity index (χ1) is 7.69. The Morgan fingerprint density at radius 1 is 1.41 bits per heavy atom. The summed E-state index contributed by atoms with van der Waals surface area (Å²) >= 11 is 5.40. The summed E-state index contributed by atoms with van der Waals surface area (Å²) in [7, 11) is -3.76. The van der Waals surface area contributed by atoms with Crippen LogP contribution >= 0.6 is 11.6 Å². The van der Waals surface area contributed by atoms with Crippen molar-refractivity contribution in [3.63, 3.8) is 0 Å². The first-order valence-electron chi connectivity index (χ1n) is 4.52. The van der Waals surface area contributed by atoms with Gasteiger partial charge in [0.1, 0.15) is 0 Å². The second-order valence-electron chi connectivity index (χ2n) is 3.39. The van der Waals surface area contributed by atoms with Crippen LogP contribution in [-0.4, -0.2) is 24.5 Å². The molecule has 0 radical (unpaired) electrons. The second-order valence-corrected chi connectivity index (χ2v) is 6.01. The molecule has 0 N–H and O–H groups in total. The van der Waals surface area contributed by atoms with Crippen LogP contribution in [0.15, 0.2) is 23.4 Å². The third-order valence-corrected chi connectivity index (χ3v) is 4.80. The minimum atomic E-state index is -4.53. The van der Waals surface area contributed by atoms with E-state index in [4.69, 9.17) is 11.6 Å². The third-order valence-electron chi connectivity index (χ3n) is 2.10. The van der Waals surface area contributed by atoms with Gasteiger partial charge in [0.05, 0.1) is 10.8 Å². The maximum atomic E-state index is 12.2. The third kappa shape index (κ3) is 3.10. The van der Waals surface area contributed by atoms with E-state index in [-0.39, 0.29) is 5.88 Å². The van der Waals surface area contributed by atoms with Crippen LogP contribution in [0.1, 0.15) is 12.5 Å². The number of nitrogens with zero attached hydrogens (tertiary/aromatic N) is 1. The summed E-state index contributed by atoms with van der Waals surface area (Å²) in [4.78, 5) is 3.32. The van der Waals surface area contributed by atoms with Gasteiger partial charge in [-0.25, -0.2) is 13.4 Å². The molecule has 0 bridgehead atoms. The normalized spacial score (nSPS) is 14.6. The summed E-state index contributed by atoms with van der Waals surface area (Å²) < 4.78 is 60.1. The molecule has 1 atom stereocenters. The fourth-order valence-electron chi connectivity index (χ4n) is 1.01. The first-order valence-corrected chi connectivity index (χ1v) is 6.60. The highest BCUT2D eigenvalue weighted by Crippen LogP contribution is 2.29. The van der Waals surface area contributed by atoms with Crippen LogP contribution < -0.4 is 0 Å². The van der Waals surface area contributed by atoms with E-state index in [1.54, 1.807) is 0 Å². The zero-order valence-corrected chi connectivity index (χ0v) is 10.3. The SMILES string of the molecule is CC(CCl)S(=O)(=O)c1ccc(C(F)(F)F)cn1. The molecule has 96 valence electrons. The van der Waals surface area contributed by atoms with Crippen LogP contribution in [-0.2, 0) is 16.0 Å². The molecule has 0 aliphatic rings. The minimum absolute atomic E-state index is 0.148. The zero-order chi connectivity index (χ0) is 13.3. The molecule has 17 heavy (non-hydrogen) atoms. The average molecular weight is 288 g/mol. The van der Waals surface area contributed by atoms with Gasteiger partial charge in [0.25, 0.3) is 0 Å². The molecule has 0 aliphatic heterocycles. The van der Waals surface area contributed by atoms with Crippen LogP contribution in [0.4, 0.5) is 13.2 Å². The minimum Gasteiger partial charge on any atom is -0.244 e. The quantitative estimate of drug-likeness (QED) is 0.803. The predicted octanol–water partition coefficient (Wildman–Crippen LogP) is 2.50. The molecule has 0 aromatic carbocycles. The molecule has 0 fully saturated rings. The maximum absolute atomic E-state index is 12.2. The highest BCUT2D eigenvalue weighted by molar-refractivity contribution is 7.92. The van der Waals surface area contributed by atoms with Crippen molar-refractivity contribution in [3.8, 4) is 0 Å². The van der Waals surface area contributed by atoms with Crippen molar-refractivity contribution in [2.75, 3.05) is 5.88 Å². The van der Waals surface area contributed by atoms with Gasteiger partial charge in [-0.1, -0.05) is 0 Å². The van der Waals surface area contributed by atoms with E-state index in [1.807, 2.05) is 0 Å². The number of alkyl halides is 4. The van der Waals surface area contributed by atoms with E-state index in [1.165, 1.54) is 6.92 Å². The summed E-state index contributed by atoms with van der Waals surface area (Å²) in [6, 6.07) is 1.52. The van der Waals surface area contributed by atoms with Crippen LogP contribution in [0.2, 0.25) is 0 Å². The number of sulfone groups is 1. The van der Waals surface area contributed by atoms with Crippen molar-refractivity contribution >= 4 is 21.4 Å². The van der Waals surface area contributed by atoms with Gasteiger partial charge in [-0.05, 0) is 19.1 Å². The Hall–Kier alpha value is -0.820. The molecule has 0 saturated heterocycles. The maximum Gasteiger partial charge on any atom is 0.417 e. The number of hydrogen-bond acceptors (Lipinski definition) is 3. The molecule has 0 saturated carbocycles. The van der Waals surface area contributed by atoms with E-state index in [0.717, 1.165) is 6.07 Å². The van der Waals surface area contributed by atoms with Gasteiger partial charge < -0.3 is 0 Å². The number of hydrogen-bond donors (Lipinski definition) is 0. The topological polar surface area (TPSA) is 47.0 Å². The molecule has 1 aromatic heterocycles. The summed E-state index contributed by atoms with van der Waals surface area (Å²) in [6.45, 7) is 1.36. The first kappa shape index (κ1) is 14.2. The van der Waals surface area contributed by atoms with Crippen LogP contribution in [0.3, 0.4) is 0 Å². The van der Waals surface area contributed by atoms with Crippen molar-refractivity contribution in [1.82, 2.24) is 4.98 Å². The van der Waals surface area contributed by atoms with E-state index in [0.29, 0.717) is 12.3 Å². The lowest BCUT2D eigenvalue weighted by atomic mass is 10.3. The Morgan fingerprint density at radius 3 is 2.35 bits per heavy atom. The fraction of sp³-hybridized carbons (Fsp3) is 0.444. The zero-order valence-electron chi connectivity index (χ0n) is 8.70. The smallest absolute Gasteiger partial charge is 0.244 e. The van der Waals surface area contributed by atoms with Crippen LogP contribution in [0.5, 0.6) is 0 Å². The van der Waals surface area contributed by atoms with E-state index >= 15 is 0 Å². The van der Waals surface area contributed by atoms with Gasteiger partial charge in [0, 0.05) is 12.1 Å². The van der Waals surface area contributed by atoms with E-state index in [9.17, 15) is 21.6 Å². The molecule has 1 heterocycles. The lowest BCUT2D eigenvalue weighted by molar-refractivity contribution is -0.137. The van der Waals surface area contributed by atoms with Crippen molar-refractivity contribution in [3.05, 3.63) is 23.9 Å². The molecule has 1 aromatic rings. The average Bonchev–Trinajstić information content (AvgIpc) is 2.27. The summed E-state index contributed by atoms with van der Waals surface area (Å²) in [6.07, 6.45) is -4.04. The number of rotatable bonds is 3. The summed E-state index contributed by atoms with van der Waals surface area (Å²) in [5.74, 6) is -0.148. The Morgan fingerprint density at radius 2 is 2.00 bits per heavy atom. The monoisotopic (exact) mass is 287 g/mol. The fourth-order valence-corrected chi connectivity index (χ4v) is 2.54. The van der Waals surface area contributed by atoms with Gasteiger partial charge >= 0.3 is 6.18 Å². The van der Waals surface area contributed by atoms with Crippen LogP contribution in [0.25, 0.3) is 0 Å². The molecule has 8 heteroatoms. The van der Waals surface area contributed by atoms with Gasteiger partial charge in [0.15, 0.2) is 14.9 Å². The molecular formula is C9H9ClF3NO2S.